The lowest BCUT2D eigenvalue weighted by Crippen LogP contribution is -2.05. The summed E-state index contributed by atoms with van der Waals surface area (Å²) < 4.78 is 0. The maximum absolute atomic E-state index is 8.67. The number of hydrogen-bond donors (Lipinski definition) is 2. The van der Waals surface area contributed by atoms with Crippen LogP contribution in [0.1, 0.15) is 24.2 Å². The van der Waals surface area contributed by atoms with Crippen molar-refractivity contribution in [2.45, 2.75) is 19.6 Å². The van der Waals surface area contributed by atoms with Crippen molar-refractivity contribution in [2.75, 3.05) is 0 Å². The molecule has 1 aromatic heterocycles. The van der Waals surface area contributed by atoms with Gasteiger partial charge in [0.25, 0.3) is 0 Å². The van der Waals surface area contributed by atoms with Crippen molar-refractivity contribution < 1.29 is 5.11 Å². The predicted molar refractivity (Wildman–Crippen MR) is 42.8 cm³/mol. The topological polar surface area (TPSA) is 59.1 Å². The molecule has 60 valence electrons. The van der Waals surface area contributed by atoms with Gasteiger partial charge in [0.2, 0.25) is 0 Å². The minimum atomic E-state index is -0.0147. The molecule has 1 rings (SSSR count). The summed E-state index contributed by atoms with van der Waals surface area (Å²) >= 11 is 0. The van der Waals surface area contributed by atoms with Gasteiger partial charge in [-0.1, -0.05) is 6.07 Å². The number of pyridine rings is 1. The lowest BCUT2D eigenvalue weighted by molar-refractivity contribution is 0.277. The van der Waals surface area contributed by atoms with Crippen LogP contribution in [0.5, 0.6) is 0 Å². The number of nitrogens with zero attached hydrogens (tertiary/aromatic N) is 1. The lowest BCUT2D eigenvalue weighted by atomic mass is 10.1. The first-order valence-corrected chi connectivity index (χ1v) is 3.55. The van der Waals surface area contributed by atoms with Gasteiger partial charge in [-0.05, 0) is 18.6 Å². The normalized spacial score (nSPS) is 13.0. The van der Waals surface area contributed by atoms with Gasteiger partial charge in [-0.15, -0.1) is 0 Å². The molecule has 1 aromatic rings. The van der Waals surface area contributed by atoms with Gasteiger partial charge in [0.1, 0.15) is 0 Å². The number of aliphatic hydroxyl groups is 1. The third-order valence-corrected chi connectivity index (χ3v) is 1.54. The summed E-state index contributed by atoms with van der Waals surface area (Å²) in [6.07, 6.45) is 1.69. The molecule has 0 radical (unpaired) electrons. The fourth-order valence-electron chi connectivity index (χ4n) is 0.799. The third kappa shape index (κ3) is 2.00. The Morgan fingerprint density at radius 3 is 2.73 bits per heavy atom. The summed E-state index contributed by atoms with van der Waals surface area (Å²) in [5.41, 5.74) is 7.27. The third-order valence-electron chi connectivity index (χ3n) is 1.54. The summed E-state index contributed by atoms with van der Waals surface area (Å²) in [6, 6.07) is 3.66. The van der Waals surface area contributed by atoms with Gasteiger partial charge in [-0.25, -0.2) is 0 Å². The van der Waals surface area contributed by atoms with E-state index >= 15 is 0 Å². The van der Waals surface area contributed by atoms with Gasteiger partial charge in [0.05, 0.1) is 12.3 Å². The van der Waals surface area contributed by atoms with Crippen molar-refractivity contribution in [2.24, 2.45) is 5.73 Å². The highest BCUT2D eigenvalue weighted by Crippen LogP contribution is 2.07. The minimum Gasteiger partial charge on any atom is -0.390 e. The summed E-state index contributed by atoms with van der Waals surface area (Å²) in [5, 5.41) is 8.67. The van der Waals surface area contributed by atoms with Gasteiger partial charge in [0.15, 0.2) is 0 Å². The Kier molecular flexibility index (Phi) is 2.57. The van der Waals surface area contributed by atoms with Crippen molar-refractivity contribution in [3.05, 3.63) is 29.6 Å². The van der Waals surface area contributed by atoms with Crippen molar-refractivity contribution in [1.29, 1.82) is 0 Å². The second kappa shape index (κ2) is 3.46. The minimum absolute atomic E-state index is 0.00948. The highest BCUT2D eigenvalue weighted by atomic mass is 16.3. The molecule has 0 aromatic carbocycles. The van der Waals surface area contributed by atoms with E-state index in [4.69, 9.17) is 10.8 Å². The van der Waals surface area contributed by atoms with E-state index in [-0.39, 0.29) is 12.6 Å². The van der Waals surface area contributed by atoms with Crippen LogP contribution in [0.2, 0.25) is 0 Å². The molecule has 0 saturated heterocycles. The van der Waals surface area contributed by atoms with E-state index in [1.807, 2.05) is 13.0 Å². The molecule has 0 aliphatic rings. The molecule has 11 heavy (non-hydrogen) atoms. The van der Waals surface area contributed by atoms with Crippen LogP contribution in [0, 0.1) is 0 Å². The van der Waals surface area contributed by atoms with Crippen LogP contribution in [0.25, 0.3) is 0 Å². The van der Waals surface area contributed by atoms with E-state index in [1.54, 1.807) is 12.3 Å². The molecule has 0 aliphatic carbocycles. The van der Waals surface area contributed by atoms with Crippen LogP contribution in [-0.2, 0) is 6.61 Å². The number of hydrogen-bond acceptors (Lipinski definition) is 3. The van der Waals surface area contributed by atoms with Gasteiger partial charge >= 0.3 is 0 Å². The zero-order chi connectivity index (χ0) is 8.27. The first-order chi connectivity index (χ1) is 5.24. The zero-order valence-corrected chi connectivity index (χ0v) is 6.49. The molecule has 3 nitrogen and oxygen atoms in total. The Hall–Kier alpha value is -0.930. The van der Waals surface area contributed by atoms with Crippen LogP contribution < -0.4 is 5.73 Å². The number of rotatable bonds is 2. The highest BCUT2D eigenvalue weighted by molar-refractivity contribution is 5.16. The summed E-state index contributed by atoms with van der Waals surface area (Å²) in [4.78, 5) is 3.99. The van der Waals surface area contributed by atoms with E-state index < -0.39 is 0 Å². The molecule has 0 fully saturated rings. The Labute approximate surface area is 65.9 Å². The van der Waals surface area contributed by atoms with Crippen LogP contribution in [0.15, 0.2) is 18.3 Å². The summed E-state index contributed by atoms with van der Waals surface area (Å²) in [6.45, 7) is 1.88. The van der Waals surface area contributed by atoms with Gasteiger partial charge in [-0.2, -0.15) is 0 Å². The summed E-state index contributed by atoms with van der Waals surface area (Å²) in [5.74, 6) is 0. The zero-order valence-electron chi connectivity index (χ0n) is 6.49. The van der Waals surface area contributed by atoms with Crippen LogP contribution >= 0.6 is 0 Å². The van der Waals surface area contributed by atoms with E-state index in [9.17, 15) is 0 Å². The van der Waals surface area contributed by atoms with Crippen molar-refractivity contribution in [3.8, 4) is 0 Å². The Morgan fingerprint density at radius 2 is 2.36 bits per heavy atom. The molecule has 3 heteroatoms. The quantitative estimate of drug-likeness (QED) is 0.652. The Morgan fingerprint density at radius 1 is 1.64 bits per heavy atom. The molecule has 0 amide bonds. The van der Waals surface area contributed by atoms with Crippen LogP contribution in [-0.4, -0.2) is 10.1 Å². The average Bonchev–Trinajstić information content (AvgIpc) is 2.05. The van der Waals surface area contributed by atoms with E-state index in [0.717, 1.165) is 5.56 Å². The second-order valence-electron chi connectivity index (χ2n) is 2.53. The second-order valence-corrected chi connectivity index (χ2v) is 2.53. The summed E-state index contributed by atoms with van der Waals surface area (Å²) in [7, 11) is 0. The molecule has 0 saturated carbocycles. The maximum atomic E-state index is 8.67. The smallest absolute Gasteiger partial charge is 0.0852 e. The first kappa shape index (κ1) is 8.17. The highest BCUT2D eigenvalue weighted by Gasteiger charge is 1.98. The van der Waals surface area contributed by atoms with Crippen molar-refractivity contribution in [3.63, 3.8) is 0 Å². The molecule has 1 atom stereocenters. The van der Waals surface area contributed by atoms with Crippen molar-refractivity contribution >= 4 is 0 Å². The SMILES string of the molecule is CC(N)c1ccc(CO)nc1. The molecular formula is C8H12N2O. The molecular weight excluding hydrogens is 140 g/mol. The van der Waals surface area contributed by atoms with Gasteiger partial charge in [-0.3, -0.25) is 4.98 Å². The fourth-order valence-corrected chi connectivity index (χ4v) is 0.799. The fraction of sp³-hybridized carbons (Fsp3) is 0.375. The predicted octanol–water partition coefficient (Wildman–Crippen LogP) is 0.594. The number of aromatic nitrogens is 1. The first-order valence-electron chi connectivity index (χ1n) is 3.55. The molecule has 0 bridgehead atoms. The number of aliphatic hydroxyl groups excluding tert-OH is 1. The Bertz CT molecular complexity index is 218. The standard InChI is InChI=1S/C8H12N2O/c1-6(9)7-2-3-8(5-11)10-4-7/h2-4,6,11H,5,9H2,1H3. The van der Waals surface area contributed by atoms with Gasteiger partial charge < -0.3 is 10.8 Å². The molecule has 1 heterocycles. The van der Waals surface area contributed by atoms with Gasteiger partial charge in [0, 0.05) is 12.2 Å². The van der Waals surface area contributed by atoms with E-state index in [1.165, 1.54) is 0 Å². The molecule has 0 spiro atoms. The molecule has 1 unspecified atom stereocenters. The van der Waals surface area contributed by atoms with Crippen LogP contribution in [0.3, 0.4) is 0 Å². The maximum Gasteiger partial charge on any atom is 0.0852 e. The van der Waals surface area contributed by atoms with Crippen LogP contribution in [0.4, 0.5) is 0 Å². The average molecular weight is 152 g/mol. The Balaban J connectivity index is 2.83. The number of nitrogens with two attached hydrogens (primary N) is 1. The lowest BCUT2D eigenvalue weighted by Gasteiger charge is -2.04. The van der Waals surface area contributed by atoms with Crippen molar-refractivity contribution in [1.82, 2.24) is 4.98 Å². The monoisotopic (exact) mass is 152 g/mol. The molecule has 0 aliphatic heterocycles. The van der Waals surface area contributed by atoms with E-state index in [0.29, 0.717) is 5.69 Å². The molecule has 3 N–H and O–H groups in total. The van der Waals surface area contributed by atoms with E-state index in [2.05, 4.69) is 4.98 Å². The largest absolute Gasteiger partial charge is 0.390 e.